The first kappa shape index (κ1) is 12.3. The van der Waals surface area contributed by atoms with E-state index in [0.717, 1.165) is 5.69 Å². The summed E-state index contributed by atoms with van der Waals surface area (Å²) < 4.78 is 1.91. The molecule has 0 aliphatic heterocycles. The summed E-state index contributed by atoms with van der Waals surface area (Å²) in [5, 5.41) is 4.24. The van der Waals surface area contributed by atoms with Crippen LogP contribution in [0.3, 0.4) is 0 Å². The van der Waals surface area contributed by atoms with Gasteiger partial charge in [-0.1, -0.05) is 0 Å². The zero-order chi connectivity index (χ0) is 13.1. The highest BCUT2D eigenvalue weighted by atomic mass is 16.1. The lowest BCUT2D eigenvalue weighted by Gasteiger charge is -2.07. The summed E-state index contributed by atoms with van der Waals surface area (Å²) in [6, 6.07) is 3.68. The highest BCUT2D eigenvalue weighted by molar-refractivity contribution is 5.64. The van der Waals surface area contributed by atoms with Gasteiger partial charge in [-0.2, -0.15) is 5.10 Å². The molecule has 94 valence electrons. The van der Waals surface area contributed by atoms with Crippen LogP contribution in [0.4, 0.5) is 0 Å². The number of hydrogen-bond acceptors (Lipinski definition) is 3. The maximum atomic E-state index is 11.3. The second-order valence-corrected chi connectivity index (χ2v) is 4.40. The fourth-order valence-corrected chi connectivity index (χ4v) is 1.73. The number of nitrogens with zero attached hydrogens (tertiary/aromatic N) is 3. The Balaban J connectivity index is 2.30. The molecule has 0 spiro atoms. The summed E-state index contributed by atoms with van der Waals surface area (Å²) in [6.45, 7) is 5.93. The third-order valence-electron chi connectivity index (χ3n) is 2.49. The van der Waals surface area contributed by atoms with E-state index in [4.69, 9.17) is 0 Å². The Kier molecular flexibility index (Phi) is 3.41. The average molecular weight is 244 g/mol. The quantitative estimate of drug-likeness (QED) is 0.898. The topological polar surface area (TPSA) is 63.6 Å². The minimum atomic E-state index is -0.139. The maximum absolute atomic E-state index is 11.3. The van der Waals surface area contributed by atoms with Crippen molar-refractivity contribution in [3.63, 3.8) is 0 Å². The van der Waals surface area contributed by atoms with Gasteiger partial charge in [0.25, 0.3) is 5.56 Å². The molecule has 0 aromatic carbocycles. The third kappa shape index (κ3) is 2.74. The molecule has 0 fully saturated rings. The molecule has 5 nitrogen and oxygen atoms in total. The third-order valence-corrected chi connectivity index (χ3v) is 2.49. The van der Waals surface area contributed by atoms with E-state index in [-0.39, 0.29) is 5.56 Å². The van der Waals surface area contributed by atoms with Crippen LogP contribution in [-0.2, 0) is 0 Å². The van der Waals surface area contributed by atoms with Crippen molar-refractivity contribution in [3.8, 4) is 0 Å². The maximum Gasteiger partial charge on any atom is 0.251 e. The zero-order valence-corrected chi connectivity index (χ0v) is 10.7. The Morgan fingerprint density at radius 1 is 1.39 bits per heavy atom. The summed E-state index contributed by atoms with van der Waals surface area (Å²) in [6.07, 6.45) is 5.43. The molecule has 0 aliphatic carbocycles. The van der Waals surface area contributed by atoms with Crippen LogP contribution >= 0.6 is 0 Å². The smallest absolute Gasteiger partial charge is 0.251 e. The SMILES string of the molecule is Cc1cc(=O)[nH]c(/C=C/c2ccnn2C(C)C)n1. The van der Waals surface area contributed by atoms with E-state index in [2.05, 4.69) is 28.9 Å². The predicted octanol–water partition coefficient (Wildman–Crippen LogP) is 2.03. The van der Waals surface area contributed by atoms with Crippen LogP contribution in [0, 0.1) is 6.92 Å². The summed E-state index contributed by atoms with van der Waals surface area (Å²) in [4.78, 5) is 18.2. The Hall–Kier alpha value is -2.17. The Morgan fingerprint density at radius 2 is 2.17 bits per heavy atom. The lowest BCUT2D eigenvalue weighted by atomic mass is 10.3. The van der Waals surface area contributed by atoms with E-state index in [1.165, 1.54) is 6.07 Å². The second kappa shape index (κ2) is 5.00. The molecular weight excluding hydrogens is 228 g/mol. The summed E-state index contributed by atoms with van der Waals surface area (Å²) in [5.74, 6) is 0.552. The predicted molar refractivity (Wildman–Crippen MR) is 71.1 cm³/mol. The van der Waals surface area contributed by atoms with E-state index in [0.29, 0.717) is 17.6 Å². The molecule has 0 saturated heterocycles. The fourth-order valence-electron chi connectivity index (χ4n) is 1.73. The largest absolute Gasteiger partial charge is 0.307 e. The van der Waals surface area contributed by atoms with Crippen molar-refractivity contribution in [3.05, 3.63) is 45.9 Å². The Labute approximate surface area is 105 Å². The molecule has 0 unspecified atom stereocenters. The molecule has 2 heterocycles. The molecule has 1 N–H and O–H groups in total. The molecule has 0 radical (unpaired) electrons. The van der Waals surface area contributed by atoms with E-state index in [1.807, 2.05) is 16.8 Å². The molecule has 2 aromatic heterocycles. The van der Waals surface area contributed by atoms with Gasteiger partial charge in [0.2, 0.25) is 0 Å². The molecule has 5 heteroatoms. The highest BCUT2D eigenvalue weighted by Crippen LogP contribution is 2.10. The van der Waals surface area contributed by atoms with Gasteiger partial charge in [0.15, 0.2) is 0 Å². The number of aromatic nitrogens is 4. The lowest BCUT2D eigenvalue weighted by Crippen LogP contribution is -2.08. The molecule has 0 atom stereocenters. The first-order valence-corrected chi connectivity index (χ1v) is 5.86. The van der Waals surface area contributed by atoms with Crippen molar-refractivity contribution in [1.29, 1.82) is 0 Å². The number of rotatable bonds is 3. The van der Waals surface area contributed by atoms with E-state index < -0.39 is 0 Å². The van der Waals surface area contributed by atoms with Crippen LogP contribution in [0.5, 0.6) is 0 Å². The van der Waals surface area contributed by atoms with Gasteiger partial charge < -0.3 is 4.98 Å². The minimum absolute atomic E-state index is 0.139. The van der Waals surface area contributed by atoms with Crippen LogP contribution < -0.4 is 5.56 Å². The average Bonchev–Trinajstić information content (AvgIpc) is 2.73. The van der Waals surface area contributed by atoms with Gasteiger partial charge in [-0.3, -0.25) is 9.48 Å². The van der Waals surface area contributed by atoms with Crippen LogP contribution in [0.2, 0.25) is 0 Å². The van der Waals surface area contributed by atoms with Gasteiger partial charge in [0, 0.05) is 24.0 Å². The molecule has 0 amide bonds. The van der Waals surface area contributed by atoms with Gasteiger partial charge in [0.05, 0.1) is 5.69 Å². The molecule has 0 aliphatic rings. The van der Waals surface area contributed by atoms with Crippen LogP contribution in [0.1, 0.15) is 37.1 Å². The normalized spacial score (nSPS) is 11.6. The van der Waals surface area contributed by atoms with Crippen molar-refractivity contribution < 1.29 is 0 Å². The van der Waals surface area contributed by atoms with Crippen LogP contribution in [0.15, 0.2) is 23.1 Å². The van der Waals surface area contributed by atoms with E-state index >= 15 is 0 Å². The Bertz CT molecular complexity index is 622. The summed E-state index contributed by atoms with van der Waals surface area (Å²) in [7, 11) is 0. The van der Waals surface area contributed by atoms with E-state index in [1.54, 1.807) is 19.2 Å². The standard InChI is InChI=1S/C13H16N4O/c1-9(2)17-11(6-7-14-17)4-5-12-15-10(3)8-13(18)16-12/h4-9H,1-3H3,(H,15,16,18)/b5-4+. The minimum Gasteiger partial charge on any atom is -0.307 e. The molecule has 0 bridgehead atoms. The van der Waals surface area contributed by atoms with Crippen LogP contribution in [0.25, 0.3) is 12.2 Å². The lowest BCUT2D eigenvalue weighted by molar-refractivity contribution is 0.528. The fraction of sp³-hybridized carbons (Fsp3) is 0.308. The summed E-state index contributed by atoms with van der Waals surface area (Å²) >= 11 is 0. The number of hydrogen-bond donors (Lipinski definition) is 1. The number of aromatic amines is 1. The molecule has 2 aromatic rings. The van der Waals surface area contributed by atoms with Gasteiger partial charge in [-0.15, -0.1) is 0 Å². The monoisotopic (exact) mass is 244 g/mol. The Morgan fingerprint density at radius 3 is 2.83 bits per heavy atom. The molecule has 0 saturated carbocycles. The van der Waals surface area contributed by atoms with Crippen molar-refractivity contribution in [2.45, 2.75) is 26.8 Å². The van der Waals surface area contributed by atoms with Crippen molar-refractivity contribution >= 4 is 12.2 Å². The zero-order valence-electron chi connectivity index (χ0n) is 10.7. The number of H-pyrrole nitrogens is 1. The molecular formula is C13H16N4O. The van der Waals surface area contributed by atoms with E-state index in [9.17, 15) is 4.79 Å². The highest BCUT2D eigenvalue weighted by Gasteiger charge is 2.02. The molecule has 2 rings (SSSR count). The first-order valence-electron chi connectivity index (χ1n) is 5.86. The number of nitrogens with one attached hydrogen (secondary N) is 1. The van der Waals surface area contributed by atoms with Crippen molar-refractivity contribution in [2.75, 3.05) is 0 Å². The van der Waals surface area contributed by atoms with Crippen molar-refractivity contribution in [1.82, 2.24) is 19.7 Å². The van der Waals surface area contributed by atoms with Gasteiger partial charge >= 0.3 is 0 Å². The summed E-state index contributed by atoms with van der Waals surface area (Å²) in [5.41, 5.74) is 1.55. The second-order valence-electron chi connectivity index (χ2n) is 4.40. The van der Waals surface area contributed by atoms with Gasteiger partial charge in [-0.05, 0) is 39.0 Å². The first-order chi connectivity index (χ1) is 8.56. The number of aryl methyl sites for hydroxylation is 1. The van der Waals surface area contributed by atoms with Gasteiger partial charge in [0.1, 0.15) is 5.82 Å². The van der Waals surface area contributed by atoms with Crippen LogP contribution in [-0.4, -0.2) is 19.7 Å². The van der Waals surface area contributed by atoms with Crippen molar-refractivity contribution in [2.24, 2.45) is 0 Å². The van der Waals surface area contributed by atoms with Gasteiger partial charge in [-0.25, -0.2) is 4.98 Å². The molecule has 18 heavy (non-hydrogen) atoms.